The van der Waals surface area contributed by atoms with Crippen molar-refractivity contribution in [2.45, 2.75) is 38.8 Å². The van der Waals surface area contributed by atoms with Crippen LogP contribution >= 0.6 is 0 Å². The third-order valence-corrected chi connectivity index (χ3v) is 7.90. The largest absolute Gasteiger partial charge is 0.492 e. The molecule has 0 radical (unpaired) electrons. The third kappa shape index (κ3) is 9.55. The zero-order chi connectivity index (χ0) is 32.5. The minimum Gasteiger partial charge on any atom is -0.492 e. The standard InChI is InChI=1S/C36H36F3N3O4/c1-25-8-9-27(19-35(44)28-5-3-6-30(20-28)36(37,38)39)16-29(25)21-33(43)23-32-22-31(40-24-41-32)17-26-4-2-7-34(18-26)46-15-12-42-10-13-45-14-11-42/h2-9,16,18,20,22,24H,10-15,17,19,21,23H2,1H3. The molecule has 5 rings (SSSR count). The molecule has 46 heavy (non-hydrogen) atoms. The van der Waals surface area contributed by atoms with Gasteiger partial charge < -0.3 is 9.47 Å². The van der Waals surface area contributed by atoms with Crippen LogP contribution in [-0.4, -0.2) is 65.9 Å². The lowest BCUT2D eigenvalue weighted by Crippen LogP contribution is -2.38. The van der Waals surface area contributed by atoms with Gasteiger partial charge in [0.2, 0.25) is 0 Å². The lowest BCUT2D eigenvalue weighted by molar-refractivity contribution is -0.137. The number of aromatic nitrogens is 2. The minimum atomic E-state index is -4.53. The van der Waals surface area contributed by atoms with Crippen LogP contribution in [0.15, 0.2) is 79.1 Å². The molecule has 1 fully saturated rings. The SMILES string of the molecule is Cc1ccc(CC(=O)c2cccc(C(F)(F)F)c2)cc1CC(=O)Cc1cc(Cc2cccc(OCCN3CCOCC3)c2)ncn1. The first-order chi connectivity index (χ1) is 22.1. The van der Waals surface area contributed by atoms with E-state index in [2.05, 4.69) is 14.9 Å². The third-order valence-electron chi connectivity index (χ3n) is 7.90. The number of carbonyl (C=O) groups excluding carboxylic acids is 2. The number of nitrogens with zero attached hydrogens (tertiary/aromatic N) is 3. The quantitative estimate of drug-likeness (QED) is 0.170. The summed E-state index contributed by atoms with van der Waals surface area (Å²) in [6, 6.07) is 19.5. The van der Waals surface area contributed by atoms with Crippen LogP contribution < -0.4 is 4.74 Å². The van der Waals surface area contributed by atoms with E-state index in [4.69, 9.17) is 9.47 Å². The van der Waals surface area contributed by atoms with Gasteiger partial charge in [-0.1, -0.05) is 42.5 Å². The Morgan fingerprint density at radius 3 is 2.46 bits per heavy atom. The summed E-state index contributed by atoms with van der Waals surface area (Å²) >= 11 is 0. The van der Waals surface area contributed by atoms with Crippen molar-refractivity contribution in [3.8, 4) is 5.75 Å². The molecule has 240 valence electrons. The molecule has 1 saturated heterocycles. The molecule has 0 bridgehead atoms. The molecule has 7 nitrogen and oxygen atoms in total. The number of halogens is 3. The molecule has 0 spiro atoms. The highest BCUT2D eigenvalue weighted by atomic mass is 19.4. The van der Waals surface area contributed by atoms with Crippen LogP contribution in [0.5, 0.6) is 5.75 Å². The smallest absolute Gasteiger partial charge is 0.416 e. The first-order valence-electron chi connectivity index (χ1n) is 15.2. The molecule has 3 aromatic carbocycles. The van der Waals surface area contributed by atoms with Gasteiger partial charge in [-0.15, -0.1) is 0 Å². The van der Waals surface area contributed by atoms with Crippen molar-refractivity contribution in [2.75, 3.05) is 39.5 Å². The molecule has 10 heteroatoms. The van der Waals surface area contributed by atoms with Crippen molar-refractivity contribution >= 4 is 11.6 Å². The average molecular weight is 632 g/mol. The Balaban J connectivity index is 1.16. The van der Waals surface area contributed by atoms with Gasteiger partial charge in [-0.2, -0.15) is 13.2 Å². The predicted octanol–water partition coefficient (Wildman–Crippen LogP) is 5.89. The summed E-state index contributed by atoms with van der Waals surface area (Å²) in [5, 5.41) is 0. The second-order valence-corrected chi connectivity index (χ2v) is 11.5. The zero-order valence-corrected chi connectivity index (χ0v) is 25.7. The number of hydrogen-bond acceptors (Lipinski definition) is 7. The number of Topliss-reactive ketones (excluding diaryl/α,β-unsaturated/α-hetero) is 2. The van der Waals surface area contributed by atoms with Crippen LogP contribution in [0, 0.1) is 6.92 Å². The summed E-state index contributed by atoms with van der Waals surface area (Å²) in [6.07, 6.45) is -2.31. The fraction of sp³-hybridized carbons (Fsp3) is 0.333. The molecule has 0 atom stereocenters. The van der Waals surface area contributed by atoms with E-state index in [-0.39, 0.29) is 30.6 Å². The van der Waals surface area contributed by atoms with Crippen LogP contribution in [0.3, 0.4) is 0 Å². The summed E-state index contributed by atoms with van der Waals surface area (Å²) in [6.45, 7) is 6.67. The molecule has 0 N–H and O–H groups in total. The Bertz CT molecular complexity index is 1670. The number of alkyl halides is 3. The topological polar surface area (TPSA) is 81.6 Å². The molecule has 0 aliphatic carbocycles. The number of ether oxygens (including phenoxy) is 2. The Morgan fingerprint density at radius 2 is 1.65 bits per heavy atom. The van der Waals surface area contributed by atoms with Gasteiger partial charge in [0.25, 0.3) is 0 Å². The number of carbonyl (C=O) groups is 2. The predicted molar refractivity (Wildman–Crippen MR) is 167 cm³/mol. The van der Waals surface area contributed by atoms with Gasteiger partial charge in [0.15, 0.2) is 5.78 Å². The van der Waals surface area contributed by atoms with Crippen molar-refractivity contribution in [1.29, 1.82) is 0 Å². The lowest BCUT2D eigenvalue weighted by Gasteiger charge is -2.26. The lowest BCUT2D eigenvalue weighted by atomic mass is 9.95. The second kappa shape index (κ2) is 15.2. The zero-order valence-electron chi connectivity index (χ0n) is 25.7. The van der Waals surface area contributed by atoms with E-state index >= 15 is 0 Å². The summed E-state index contributed by atoms with van der Waals surface area (Å²) in [4.78, 5) is 36.9. The van der Waals surface area contributed by atoms with E-state index in [1.54, 1.807) is 12.1 Å². The highest BCUT2D eigenvalue weighted by Gasteiger charge is 2.30. The Morgan fingerprint density at radius 1 is 0.870 bits per heavy atom. The summed E-state index contributed by atoms with van der Waals surface area (Å²) in [5.41, 5.74) is 3.85. The van der Waals surface area contributed by atoms with Gasteiger partial charge in [-0.25, -0.2) is 9.97 Å². The number of rotatable bonds is 13. The molecular formula is C36H36F3N3O4. The van der Waals surface area contributed by atoms with E-state index in [0.29, 0.717) is 24.3 Å². The Labute approximate surface area is 266 Å². The monoisotopic (exact) mass is 631 g/mol. The van der Waals surface area contributed by atoms with E-state index in [0.717, 1.165) is 73.1 Å². The van der Waals surface area contributed by atoms with Crippen LogP contribution in [0.4, 0.5) is 13.2 Å². The molecule has 1 aliphatic rings. The van der Waals surface area contributed by atoms with Crippen molar-refractivity contribution in [1.82, 2.24) is 14.9 Å². The highest BCUT2D eigenvalue weighted by molar-refractivity contribution is 5.97. The highest BCUT2D eigenvalue weighted by Crippen LogP contribution is 2.30. The summed E-state index contributed by atoms with van der Waals surface area (Å²) in [7, 11) is 0. The minimum absolute atomic E-state index is 0.00405. The molecule has 0 amide bonds. The fourth-order valence-electron chi connectivity index (χ4n) is 5.37. The molecule has 0 saturated carbocycles. The van der Waals surface area contributed by atoms with Crippen molar-refractivity contribution in [3.63, 3.8) is 0 Å². The maximum atomic E-state index is 13.1. The molecule has 1 aromatic heterocycles. The van der Waals surface area contributed by atoms with E-state index in [1.165, 1.54) is 18.5 Å². The average Bonchev–Trinajstić information content (AvgIpc) is 3.03. The number of hydrogen-bond donors (Lipinski definition) is 0. The normalized spacial score (nSPS) is 13.8. The maximum absolute atomic E-state index is 13.1. The molecule has 4 aromatic rings. The van der Waals surface area contributed by atoms with Gasteiger partial charge in [-0.05, 0) is 59.5 Å². The van der Waals surface area contributed by atoms with E-state index < -0.39 is 17.5 Å². The van der Waals surface area contributed by atoms with Gasteiger partial charge in [0.1, 0.15) is 24.5 Å². The summed E-state index contributed by atoms with van der Waals surface area (Å²) in [5.74, 6) is 0.319. The number of benzene rings is 3. The van der Waals surface area contributed by atoms with Gasteiger partial charge in [0.05, 0.1) is 24.5 Å². The fourth-order valence-corrected chi connectivity index (χ4v) is 5.37. The molecule has 0 unspecified atom stereocenters. The van der Waals surface area contributed by atoms with Crippen LogP contribution in [-0.2, 0) is 41.4 Å². The van der Waals surface area contributed by atoms with Crippen molar-refractivity contribution in [3.05, 3.63) is 124 Å². The summed E-state index contributed by atoms with van der Waals surface area (Å²) < 4.78 is 50.7. The molecule has 2 heterocycles. The molecule has 1 aliphatic heterocycles. The van der Waals surface area contributed by atoms with E-state index in [1.807, 2.05) is 43.3 Å². The first kappa shape index (κ1) is 33.0. The number of aryl methyl sites for hydroxylation is 1. The van der Waals surface area contributed by atoms with Crippen LogP contribution in [0.25, 0.3) is 0 Å². The Kier molecular flexibility index (Phi) is 10.9. The van der Waals surface area contributed by atoms with Crippen molar-refractivity contribution in [2.24, 2.45) is 0 Å². The van der Waals surface area contributed by atoms with Gasteiger partial charge in [0, 0.05) is 56.6 Å². The van der Waals surface area contributed by atoms with Crippen LogP contribution in [0.2, 0.25) is 0 Å². The first-order valence-corrected chi connectivity index (χ1v) is 15.2. The van der Waals surface area contributed by atoms with E-state index in [9.17, 15) is 22.8 Å². The van der Waals surface area contributed by atoms with Crippen molar-refractivity contribution < 1.29 is 32.2 Å². The maximum Gasteiger partial charge on any atom is 0.416 e. The number of ketones is 2. The van der Waals surface area contributed by atoms with Gasteiger partial charge >= 0.3 is 6.18 Å². The number of morpholine rings is 1. The Hall–Kier alpha value is -4.41. The molecular weight excluding hydrogens is 595 g/mol. The second-order valence-electron chi connectivity index (χ2n) is 11.5. The van der Waals surface area contributed by atoms with Gasteiger partial charge in [-0.3, -0.25) is 14.5 Å². The van der Waals surface area contributed by atoms with Crippen LogP contribution in [0.1, 0.15) is 49.6 Å².